The molecule has 1 saturated heterocycles. The van der Waals surface area contributed by atoms with Gasteiger partial charge in [0.2, 0.25) is 0 Å². The minimum Gasteiger partial charge on any atom is -0.444 e. The highest BCUT2D eigenvalue weighted by Gasteiger charge is 2.37. The van der Waals surface area contributed by atoms with Crippen molar-refractivity contribution in [2.45, 2.75) is 39.3 Å². The molecule has 0 radical (unpaired) electrons. The summed E-state index contributed by atoms with van der Waals surface area (Å²) in [6, 6.07) is 7.86. The number of nitrogens with zero attached hydrogens (tertiary/aromatic N) is 2. The van der Waals surface area contributed by atoms with Crippen LogP contribution < -0.4 is 0 Å². The molecule has 1 aliphatic rings. The molecule has 3 rings (SSSR count). The van der Waals surface area contributed by atoms with Gasteiger partial charge in [-0.15, -0.1) is 0 Å². The molecular weight excluding hydrogens is 318 g/mol. The second kappa shape index (κ2) is 6.10. The molecule has 0 unspecified atom stereocenters. The standard InChI is InChI=1S/C19H25N3O3/c1-12-7-6-8-13-9-15(20-16(12)13)17(23)22-10-14(11-22)21(5)18(24)25-19(2,3)4/h6-9,14,20H,10-11H2,1-5H3. The van der Waals surface area contributed by atoms with Crippen LogP contribution in [0.5, 0.6) is 0 Å². The second-order valence-electron chi connectivity index (χ2n) is 7.68. The number of aryl methyl sites for hydroxylation is 1. The average molecular weight is 343 g/mol. The van der Waals surface area contributed by atoms with Gasteiger partial charge in [-0.05, 0) is 39.3 Å². The molecule has 1 aliphatic heterocycles. The lowest BCUT2D eigenvalue weighted by Gasteiger charge is -2.43. The molecule has 6 nitrogen and oxygen atoms in total. The van der Waals surface area contributed by atoms with Crippen LogP contribution in [0.1, 0.15) is 36.8 Å². The first-order valence-electron chi connectivity index (χ1n) is 8.49. The first kappa shape index (κ1) is 17.3. The summed E-state index contributed by atoms with van der Waals surface area (Å²) in [6.45, 7) is 8.57. The van der Waals surface area contributed by atoms with Gasteiger partial charge in [0.25, 0.3) is 5.91 Å². The van der Waals surface area contributed by atoms with Gasteiger partial charge < -0.3 is 19.5 Å². The summed E-state index contributed by atoms with van der Waals surface area (Å²) in [5.74, 6) is -0.0376. The highest BCUT2D eigenvalue weighted by atomic mass is 16.6. The zero-order valence-electron chi connectivity index (χ0n) is 15.4. The number of hydrogen-bond acceptors (Lipinski definition) is 3. The van der Waals surface area contributed by atoms with Crippen molar-refractivity contribution in [2.24, 2.45) is 0 Å². The smallest absolute Gasteiger partial charge is 0.410 e. The third-order valence-corrected chi connectivity index (χ3v) is 4.47. The molecule has 1 aromatic carbocycles. The number of H-pyrrole nitrogens is 1. The highest BCUT2D eigenvalue weighted by Crippen LogP contribution is 2.23. The van der Waals surface area contributed by atoms with Gasteiger partial charge >= 0.3 is 6.09 Å². The predicted molar refractivity (Wildman–Crippen MR) is 96.7 cm³/mol. The zero-order chi connectivity index (χ0) is 18.4. The molecular formula is C19H25N3O3. The molecule has 0 spiro atoms. The Labute approximate surface area is 147 Å². The van der Waals surface area contributed by atoms with Gasteiger partial charge in [-0.1, -0.05) is 18.2 Å². The maximum absolute atomic E-state index is 12.6. The summed E-state index contributed by atoms with van der Waals surface area (Å²) in [4.78, 5) is 31.3. The summed E-state index contributed by atoms with van der Waals surface area (Å²) in [6.07, 6.45) is -0.356. The fourth-order valence-electron chi connectivity index (χ4n) is 2.94. The van der Waals surface area contributed by atoms with Crippen LogP contribution in [0.2, 0.25) is 0 Å². The van der Waals surface area contributed by atoms with E-state index in [0.29, 0.717) is 18.8 Å². The largest absolute Gasteiger partial charge is 0.444 e. The molecule has 1 aromatic heterocycles. The van der Waals surface area contributed by atoms with Crippen molar-refractivity contribution >= 4 is 22.9 Å². The fraction of sp³-hybridized carbons (Fsp3) is 0.474. The van der Waals surface area contributed by atoms with Crippen LogP contribution in [0, 0.1) is 6.92 Å². The molecule has 0 atom stereocenters. The zero-order valence-corrected chi connectivity index (χ0v) is 15.4. The quantitative estimate of drug-likeness (QED) is 0.911. The van der Waals surface area contributed by atoms with Gasteiger partial charge in [-0.2, -0.15) is 0 Å². The number of nitrogens with one attached hydrogen (secondary N) is 1. The van der Waals surface area contributed by atoms with E-state index in [4.69, 9.17) is 4.74 Å². The molecule has 2 aromatic rings. The number of likely N-dealkylation sites (tertiary alicyclic amines) is 1. The Bertz CT molecular complexity index is 813. The van der Waals surface area contributed by atoms with Gasteiger partial charge in [0.1, 0.15) is 11.3 Å². The Morgan fingerprint density at radius 1 is 1.28 bits per heavy atom. The first-order valence-corrected chi connectivity index (χ1v) is 8.49. The number of likely N-dealkylation sites (N-methyl/N-ethyl adjacent to an activating group) is 1. The Morgan fingerprint density at radius 2 is 1.96 bits per heavy atom. The van der Waals surface area contributed by atoms with E-state index in [-0.39, 0.29) is 18.0 Å². The van der Waals surface area contributed by atoms with E-state index < -0.39 is 5.60 Å². The lowest BCUT2D eigenvalue weighted by Crippen LogP contribution is -2.61. The Hall–Kier alpha value is -2.50. The van der Waals surface area contributed by atoms with E-state index in [1.165, 1.54) is 0 Å². The minimum atomic E-state index is -0.521. The van der Waals surface area contributed by atoms with E-state index in [9.17, 15) is 9.59 Å². The second-order valence-corrected chi connectivity index (χ2v) is 7.68. The molecule has 0 bridgehead atoms. The molecule has 0 saturated carbocycles. The molecule has 2 heterocycles. The monoisotopic (exact) mass is 343 g/mol. The van der Waals surface area contributed by atoms with E-state index in [1.54, 1.807) is 16.8 Å². The molecule has 0 aliphatic carbocycles. The van der Waals surface area contributed by atoms with Crippen molar-refractivity contribution in [1.29, 1.82) is 0 Å². The molecule has 25 heavy (non-hydrogen) atoms. The highest BCUT2D eigenvalue weighted by molar-refractivity contribution is 5.99. The maximum Gasteiger partial charge on any atom is 0.410 e. The SMILES string of the molecule is Cc1cccc2cc(C(=O)N3CC(N(C)C(=O)OC(C)(C)C)C3)[nH]c12. The van der Waals surface area contributed by atoms with E-state index >= 15 is 0 Å². The number of aromatic nitrogens is 1. The van der Waals surface area contributed by atoms with Crippen LogP contribution in [0.25, 0.3) is 10.9 Å². The van der Waals surface area contributed by atoms with Crippen LogP contribution in [0.3, 0.4) is 0 Å². The van der Waals surface area contributed by atoms with E-state index in [0.717, 1.165) is 16.5 Å². The average Bonchev–Trinajstić information content (AvgIpc) is 2.89. The van der Waals surface area contributed by atoms with Crippen molar-refractivity contribution in [3.05, 3.63) is 35.5 Å². The molecule has 6 heteroatoms. The van der Waals surface area contributed by atoms with Crippen molar-refractivity contribution in [3.8, 4) is 0 Å². The van der Waals surface area contributed by atoms with E-state index in [2.05, 4.69) is 4.98 Å². The number of fused-ring (bicyclic) bond motifs is 1. The molecule has 1 N–H and O–H groups in total. The summed E-state index contributed by atoms with van der Waals surface area (Å²) < 4.78 is 5.37. The predicted octanol–water partition coefficient (Wildman–Crippen LogP) is 3.17. The number of para-hydroxylation sites is 1. The van der Waals surface area contributed by atoms with Gasteiger partial charge in [-0.3, -0.25) is 4.79 Å². The fourth-order valence-corrected chi connectivity index (χ4v) is 2.94. The summed E-state index contributed by atoms with van der Waals surface area (Å²) in [5, 5.41) is 1.03. The number of rotatable bonds is 2. The normalized spacial score (nSPS) is 15.2. The number of aromatic amines is 1. The molecule has 1 fully saturated rings. The Balaban J connectivity index is 1.62. The number of ether oxygens (including phenoxy) is 1. The third-order valence-electron chi connectivity index (χ3n) is 4.47. The van der Waals surface area contributed by atoms with E-state index in [1.807, 2.05) is 52.0 Å². The van der Waals surface area contributed by atoms with Crippen LogP contribution in [-0.2, 0) is 4.74 Å². The number of hydrogen-bond donors (Lipinski definition) is 1. The summed E-state index contributed by atoms with van der Waals surface area (Å²) in [5.41, 5.74) is 2.17. The Kier molecular flexibility index (Phi) is 4.22. The maximum atomic E-state index is 12.6. The molecule has 134 valence electrons. The van der Waals surface area contributed by atoms with Crippen LogP contribution in [-0.4, -0.2) is 58.6 Å². The van der Waals surface area contributed by atoms with Crippen LogP contribution >= 0.6 is 0 Å². The first-order chi connectivity index (χ1) is 11.7. The number of benzene rings is 1. The Morgan fingerprint density at radius 3 is 2.56 bits per heavy atom. The summed E-state index contributed by atoms with van der Waals surface area (Å²) >= 11 is 0. The lowest BCUT2D eigenvalue weighted by atomic mass is 10.1. The topological polar surface area (TPSA) is 65.6 Å². The van der Waals surface area contributed by atoms with Crippen molar-refractivity contribution in [3.63, 3.8) is 0 Å². The number of carbonyl (C=O) groups excluding carboxylic acids is 2. The van der Waals surface area contributed by atoms with Crippen molar-refractivity contribution in [1.82, 2.24) is 14.8 Å². The molecule has 2 amide bonds. The lowest BCUT2D eigenvalue weighted by molar-refractivity contribution is -0.00218. The van der Waals surface area contributed by atoms with Crippen LogP contribution in [0.4, 0.5) is 4.79 Å². The van der Waals surface area contributed by atoms with Crippen molar-refractivity contribution < 1.29 is 14.3 Å². The van der Waals surface area contributed by atoms with Gasteiger partial charge in [0, 0.05) is 31.0 Å². The van der Waals surface area contributed by atoms with Crippen molar-refractivity contribution in [2.75, 3.05) is 20.1 Å². The van der Waals surface area contributed by atoms with Gasteiger partial charge in [0.15, 0.2) is 0 Å². The number of amides is 2. The minimum absolute atomic E-state index is 0.00934. The van der Waals surface area contributed by atoms with Crippen LogP contribution in [0.15, 0.2) is 24.3 Å². The number of carbonyl (C=O) groups is 2. The van der Waals surface area contributed by atoms with Gasteiger partial charge in [-0.25, -0.2) is 4.79 Å². The summed E-state index contributed by atoms with van der Waals surface area (Å²) in [7, 11) is 1.72. The van der Waals surface area contributed by atoms with Gasteiger partial charge in [0.05, 0.1) is 6.04 Å². The third kappa shape index (κ3) is 3.48.